The first-order valence-corrected chi connectivity index (χ1v) is 6.92. The lowest BCUT2D eigenvalue weighted by atomic mass is 10.3. The molecule has 1 aliphatic heterocycles. The van der Waals surface area contributed by atoms with Crippen LogP contribution in [0.15, 0.2) is 0 Å². The summed E-state index contributed by atoms with van der Waals surface area (Å²) in [4.78, 5) is 23.5. The Hall–Kier alpha value is -0.660. The minimum atomic E-state index is -3.54. The maximum atomic E-state index is 11.5. The Bertz CT molecular complexity index is 395. The Morgan fingerprint density at radius 2 is 2.12 bits per heavy atom. The number of hydrogen-bond donors (Lipinski definition) is 1. The Balaban J connectivity index is 2.62. The minimum Gasteiger partial charge on any atom is -0.284 e. The van der Waals surface area contributed by atoms with Crippen molar-refractivity contribution in [2.24, 2.45) is 0 Å². The zero-order valence-electron chi connectivity index (χ0n) is 8.77. The van der Waals surface area contributed by atoms with Crippen LogP contribution in [0, 0.1) is 0 Å². The van der Waals surface area contributed by atoms with Gasteiger partial charge in [-0.25, -0.2) is 13.1 Å². The van der Waals surface area contributed by atoms with E-state index in [0.717, 1.165) is 4.90 Å². The van der Waals surface area contributed by atoms with Gasteiger partial charge in [0.15, 0.2) is 0 Å². The predicted octanol–water partition coefficient (Wildman–Crippen LogP) is -0.708. The quantitative estimate of drug-likeness (QED) is 0.528. The van der Waals surface area contributed by atoms with Crippen LogP contribution in [0.25, 0.3) is 0 Å². The molecule has 1 saturated heterocycles. The predicted molar refractivity (Wildman–Crippen MR) is 58.4 cm³/mol. The van der Waals surface area contributed by atoms with Crippen LogP contribution in [-0.2, 0) is 19.6 Å². The highest BCUT2D eigenvalue weighted by molar-refractivity contribution is 7.89. The summed E-state index contributed by atoms with van der Waals surface area (Å²) >= 11 is 5.38. The molecule has 1 fully saturated rings. The third-order valence-corrected chi connectivity index (χ3v) is 3.99. The highest BCUT2D eigenvalue weighted by Crippen LogP contribution is 2.11. The van der Waals surface area contributed by atoms with Crippen LogP contribution in [0.4, 0.5) is 0 Å². The first kappa shape index (κ1) is 13.4. The van der Waals surface area contributed by atoms with Crippen molar-refractivity contribution in [1.82, 2.24) is 9.62 Å². The highest BCUT2D eigenvalue weighted by Gasteiger charge is 2.38. The van der Waals surface area contributed by atoms with E-state index in [-0.39, 0.29) is 24.0 Å². The summed E-state index contributed by atoms with van der Waals surface area (Å²) in [6.45, 7) is 0. The third kappa shape index (κ3) is 3.16. The van der Waals surface area contributed by atoms with Crippen molar-refractivity contribution in [3.8, 4) is 0 Å². The molecule has 0 aromatic carbocycles. The monoisotopic (exact) mass is 268 g/mol. The number of carbonyl (C=O) groups is 2. The molecule has 0 spiro atoms. The van der Waals surface area contributed by atoms with Crippen LogP contribution in [-0.4, -0.2) is 49.9 Å². The van der Waals surface area contributed by atoms with Crippen molar-refractivity contribution >= 4 is 33.4 Å². The minimum absolute atomic E-state index is 0.116. The number of sulfonamides is 1. The Morgan fingerprint density at radius 3 is 2.56 bits per heavy atom. The van der Waals surface area contributed by atoms with Crippen molar-refractivity contribution in [1.29, 1.82) is 0 Å². The van der Waals surface area contributed by atoms with Crippen LogP contribution in [0.1, 0.15) is 12.8 Å². The van der Waals surface area contributed by atoms with Crippen molar-refractivity contribution in [2.75, 3.05) is 18.7 Å². The van der Waals surface area contributed by atoms with Crippen LogP contribution in [0.2, 0.25) is 0 Å². The largest absolute Gasteiger partial charge is 0.284 e. The number of likely N-dealkylation sites (N-methyl/N-ethyl adjacent to an activating group) is 1. The summed E-state index contributed by atoms with van der Waals surface area (Å²) in [7, 11) is -2.21. The number of likely N-dealkylation sites (tertiary alicyclic amines) is 1. The molecule has 6 nitrogen and oxygen atoms in total. The fraction of sp³-hybridized carbons (Fsp3) is 0.750. The van der Waals surface area contributed by atoms with E-state index in [9.17, 15) is 18.0 Å². The molecule has 1 aliphatic rings. The lowest BCUT2D eigenvalue weighted by Gasteiger charge is -2.11. The number of nitrogens with one attached hydrogen (secondary N) is 1. The number of hydrogen-bond acceptors (Lipinski definition) is 4. The summed E-state index contributed by atoms with van der Waals surface area (Å²) in [5.74, 6) is -0.800. The maximum Gasteiger partial charge on any atom is 0.247 e. The number of amides is 2. The molecule has 1 unspecified atom stereocenters. The van der Waals surface area contributed by atoms with E-state index in [1.807, 2.05) is 0 Å². The van der Waals surface area contributed by atoms with Gasteiger partial charge in [0.2, 0.25) is 21.8 Å². The summed E-state index contributed by atoms with van der Waals surface area (Å²) < 4.78 is 25.1. The average molecular weight is 269 g/mol. The van der Waals surface area contributed by atoms with Gasteiger partial charge in [0.25, 0.3) is 0 Å². The molecule has 0 saturated carbocycles. The topological polar surface area (TPSA) is 83.6 Å². The van der Waals surface area contributed by atoms with Gasteiger partial charge >= 0.3 is 0 Å². The first-order valence-electron chi connectivity index (χ1n) is 4.74. The second-order valence-corrected chi connectivity index (χ2v) is 5.78. The second kappa shape index (κ2) is 5.11. The number of alkyl halides is 1. The van der Waals surface area contributed by atoms with Gasteiger partial charge < -0.3 is 0 Å². The standard InChI is InChI=1S/C8H13ClN2O4S/c1-11-7(12)5-6(8(11)13)10-16(14,15)4-2-3-9/h6,10H,2-5H2,1H3. The van der Waals surface area contributed by atoms with E-state index in [4.69, 9.17) is 11.6 Å². The van der Waals surface area contributed by atoms with Crippen molar-refractivity contribution in [2.45, 2.75) is 18.9 Å². The fourth-order valence-corrected chi connectivity index (χ4v) is 2.92. The second-order valence-electron chi connectivity index (χ2n) is 3.53. The molecule has 0 radical (unpaired) electrons. The van der Waals surface area contributed by atoms with Crippen molar-refractivity contribution in [3.63, 3.8) is 0 Å². The molecule has 1 rings (SSSR count). The van der Waals surface area contributed by atoms with Gasteiger partial charge in [-0.1, -0.05) is 0 Å². The summed E-state index contributed by atoms with van der Waals surface area (Å²) in [6, 6.07) is -0.960. The van der Waals surface area contributed by atoms with E-state index in [1.54, 1.807) is 0 Å². The van der Waals surface area contributed by atoms with E-state index >= 15 is 0 Å². The average Bonchev–Trinajstić information content (AvgIpc) is 2.43. The van der Waals surface area contributed by atoms with Gasteiger partial charge in [-0.05, 0) is 6.42 Å². The van der Waals surface area contributed by atoms with Gasteiger partial charge in [0.1, 0.15) is 6.04 Å². The maximum absolute atomic E-state index is 11.5. The van der Waals surface area contributed by atoms with Gasteiger partial charge in [-0.3, -0.25) is 14.5 Å². The van der Waals surface area contributed by atoms with Crippen molar-refractivity contribution < 1.29 is 18.0 Å². The number of nitrogens with zero attached hydrogens (tertiary/aromatic N) is 1. The lowest BCUT2D eigenvalue weighted by molar-refractivity contribution is -0.137. The molecular weight excluding hydrogens is 256 g/mol. The number of rotatable bonds is 5. The Kier molecular flexibility index (Phi) is 4.28. The van der Waals surface area contributed by atoms with E-state index < -0.39 is 22.0 Å². The molecule has 0 bridgehead atoms. The number of imide groups is 1. The summed E-state index contributed by atoms with van der Waals surface area (Å²) in [5, 5.41) is 0. The van der Waals surface area contributed by atoms with Gasteiger partial charge in [0.05, 0.1) is 12.2 Å². The molecule has 8 heteroatoms. The number of halogens is 1. The van der Waals surface area contributed by atoms with Crippen LogP contribution >= 0.6 is 11.6 Å². The smallest absolute Gasteiger partial charge is 0.247 e. The molecule has 0 aromatic rings. The zero-order chi connectivity index (χ0) is 12.3. The molecule has 2 amide bonds. The SMILES string of the molecule is CN1C(=O)CC(NS(=O)(=O)CCCCl)C1=O. The van der Waals surface area contributed by atoms with E-state index in [2.05, 4.69) is 4.72 Å². The van der Waals surface area contributed by atoms with Crippen LogP contribution in [0.3, 0.4) is 0 Å². The molecule has 0 aliphatic carbocycles. The molecule has 1 atom stereocenters. The molecule has 92 valence electrons. The molecular formula is C8H13ClN2O4S. The summed E-state index contributed by atoms with van der Waals surface area (Å²) in [6.07, 6.45) is 0.191. The van der Waals surface area contributed by atoms with Gasteiger partial charge in [-0.2, -0.15) is 0 Å². The number of carbonyl (C=O) groups excluding carboxylic acids is 2. The third-order valence-electron chi connectivity index (χ3n) is 2.25. The molecule has 16 heavy (non-hydrogen) atoms. The zero-order valence-corrected chi connectivity index (χ0v) is 10.3. The van der Waals surface area contributed by atoms with Crippen molar-refractivity contribution in [3.05, 3.63) is 0 Å². The normalized spacial score (nSPS) is 21.9. The Labute approximate surface area is 99.0 Å². The molecule has 0 aromatic heterocycles. The van der Waals surface area contributed by atoms with Crippen LogP contribution < -0.4 is 4.72 Å². The van der Waals surface area contributed by atoms with E-state index in [0.29, 0.717) is 6.42 Å². The first-order chi connectivity index (χ1) is 7.37. The van der Waals surface area contributed by atoms with Crippen LogP contribution in [0.5, 0.6) is 0 Å². The summed E-state index contributed by atoms with van der Waals surface area (Å²) in [5.41, 5.74) is 0. The van der Waals surface area contributed by atoms with Gasteiger partial charge in [-0.15, -0.1) is 11.6 Å². The Morgan fingerprint density at radius 1 is 1.50 bits per heavy atom. The fourth-order valence-electron chi connectivity index (χ4n) is 1.37. The molecule has 1 N–H and O–H groups in total. The van der Waals surface area contributed by atoms with E-state index in [1.165, 1.54) is 7.05 Å². The lowest BCUT2D eigenvalue weighted by Crippen LogP contribution is -2.41. The molecule has 1 heterocycles. The van der Waals surface area contributed by atoms with Gasteiger partial charge in [0, 0.05) is 12.9 Å². The highest BCUT2D eigenvalue weighted by atomic mass is 35.5.